The Morgan fingerprint density at radius 2 is 1.21 bits per heavy atom. The van der Waals surface area contributed by atoms with Gasteiger partial charge in [-0.3, -0.25) is 0 Å². The number of nitrogens with zero attached hydrogens (tertiary/aromatic N) is 6. The maximum absolute atomic E-state index is 12.1. The SMILES string of the molecule is CC(C)(C)OC(=O)N1CCC(O)CC1.CC(C)(C)OC(=O)N1CCC(Oc2ccc([N+](=O)[O-])nc2)CC1.O=[N+]([O-])c1ccc(F)cn1. The molecule has 0 aromatic carbocycles. The number of aliphatic hydroxyl groups is 1. The minimum absolute atomic E-state index is 0.0445. The maximum atomic E-state index is 12.1. The number of aromatic nitrogens is 2. The molecule has 0 aliphatic carbocycles. The van der Waals surface area contributed by atoms with E-state index >= 15 is 0 Å². The highest BCUT2D eigenvalue weighted by Crippen LogP contribution is 2.21. The highest BCUT2D eigenvalue weighted by atomic mass is 19.1. The number of halogens is 1. The van der Waals surface area contributed by atoms with Crippen molar-refractivity contribution in [2.75, 3.05) is 26.2 Å². The molecule has 47 heavy (non-hydrogen) atoms. The Labute approximate surface area is 272 Å². The standard InChI is InChI=1S/C15H21N3O5.C10H19NO3.C5H3FN2O2/c1-15(2,3)23-14(19)17-8-6-11(7-9-17)22-12-4-5-13(16-10-12)18(20)21;1-10(2,3)14-9(13)11-6-4-8(12)5-7-11;6-4-1-2-5(7-3-4)8(9)10/h4-5,10-11H,6-9H2,1-3H3;8,12H,4-7H2,1-3H3;1-3H. The molecule has 17 heteroatoms. The number of pyridine rings is 2. The molecule has 4 rings (SSSR count). The van der Waals surface area contributed by atoms with Gasteiger partial charge in [-0.05, 0) is 86.3 Å². The molecule has 0 bridgehead atoms. The molecule has 2 aliphatic rings. The van der Waals surface area contributed by atoms with Crippen LogP contribution < -0.4 is 4.74 Å². The molecule has 2 amide bonds. The van der Waals surface area contributed by atoms with E-state index in [1.165, 1.54) is 18.3 Å². The van der Waals surface area contributed by atoms with E-state index in [2.05, 4.69) is 9.97 Å². The zero-order valence-corrected chi connectivity index (χ0v) is 27.5. The van der Waals surface area contributed by atoms with Crippen LogP contribution in [0.5, 0.6) is 5.75 Å². The van der Waals surface area contributed by atoms with Crippen LogP contribution in [0.1, 0.15) is 67.2 Å². The van der Waals surface area contributed by atoms with E-state index in [0.29, 0.717) is 57.6 Å². The third kappa shape index (κ3) is 15.0. The molecular weight excluding hydrogens is 623 g/mol. The van der Waals surface area contributed by atoms with Gasteiger partial charge in [0, 0.05) is 51.2 Å². The van der Waals surface area contributed by atoms with E-state index in [0.717, 1.165) is 18.3 Å². The van der Waals surface area contributed by atoms with Crippen LogP contribution in [-0.2, 0) is 9.47 Å². The van der Waals surface area contributed by atoms with Crippen LogP contribution in [0.4, 0.5) is 25.6 Å². The van der Waals surface area contributed by atoms with Crippen molar-refractivity contribution in [3.05, 3.63) is 62.7 Å². The molecule has 0 unspecified atom stereocenters. The summed E-state index contributed by atoms with van der Waals surface area (Å²) in [6.07, 6.45) is 3.92. The van der Waals surface area contributed by atoms with Gasteiger partial charge in [0.25, 0.3) is 0 Å². The number of hydrogen-bond acceptors (Lipinski definition) is 12. The molecule has 260 valence electrons. The first kappa shape index (κ1) is 38.5. The lowest BCUT2D eigenvalue weighted by molar-refractivity contribution is -0.389. The van der Waals surface area contributed by atoms with Crippen molar-refractivity contribution in [2.24, 2.45) is 0 Å². The van der Waals surface area contributed by atoms with Gasteiger partial charge in [-0.2, -0.15) is 0 Å². The Morgan fingerprint density at radius 1 is 0.787 bits per heavy atom. The predicted octanol–water partition coefficient (Wildman–Crippen LogP) is 5.28. The smallest absolute Gasteiger partial charge is 0.410 e. The lowest BCUT2D eigenvalue weighted by Gasteiger charge is -2.33. The molecule has 0 atom stereocenters. The van der Waals surface area contributed by atoms with Gasteiger partial charge in [-0.25, -0.2) is 14.0 Å². The zero-order valence-electron chi connectivity index (χ0n) is 27.5. The minimum Gasteiger partial charge on any atom is -0.486 e. The molecule has 4 heterocycles. The largest absolute Gasteiger partial charge is 0.486 e. The third-order valence-corrected chi connectivity index (χ3v) is 6.32. The summed E-state index contributed by atoms with van der Waals surface area (Å²) in [6.45, 7) is 13.4. The quantitative estimate of drug-likeness (QED) is 0.328. The maximum Gasteiger partial charge on any atom is 0.410 e. The number of rotatable bonds is 4. The summed E-state index contributed by atoms with van der Waals surface area (Å²) >= 11 is 0. The Kier molecular flexibility index (Phi) is 14.2. The Balaban J connectivity index is 0.000000271. The first-order chi connectivity index (χ1) is 21.8. The molecule has 2 aromatic rings. The summed E-state index contributed by atoms with van der Waals surface area (Å²) < 4.78 is 28.4. The Hall–Kier alpha value is -4.67. The number of aliphatic hydroxyl groups excluding tert-OH is 1. The Morgan fingerprint density at radius 3 is 1.57 bits per heavy atom. The fourth-order valence-corrected chi connectivity index (χ4v) is 4.08. The predicted molar refractivity (Wildman–Crippen MR) is 166 cm³/mol. The summed E-state index contributed by atoms with van der Waals surface area (Å²) in [7, 11) is 0. The van der Waals surface area contributed by atoms with E-state index in [-0.39, 0.29) is 36.0 Å². The molecule has 0 radical (unpaired) electrons. The molecule has 16 nitrogen and oxygen atoms in total. The number of amides is 2. The van der Waals surface area contributed by atoms with Crippen molar-refractivity contribution in [3.63, 3.8) is 0 Å². The van der Waals surface area contributed by atoms with E-state index in [9.17, 15) is 39.3 Å². The van der Waals surface area contributed by atoms with Crippen LogP contribution in [-0.4, -0.2) is 96.5 Å². The van der Waals surface area contributed by atoms with E-state index in [1.807, 2.05) is 41.5 Å². The lowest BCUT2D eigenvalue weighted by Crippen LogP contribution is -2.44. The second-order valence-electron chi connectivity index (χ2n) is 12.7. The third-order valence-electron chi connectivity index (χ3n) is 6.32. The van der Waals surface area contributed by atoms with Crippen molar-refractivity contribution in [2.45, 2.75) is 90.6 Å². The van der Waals surface area contributed by atoms with Crippen LogP contribution in [0.2, 0.25) is 0 Å². The lowest BCUT2D eigenvalue weighted by atomic mass is 10.1. The normalized spacial score (nSPS) is 15.7. The highest BCUT2D eigenvalue weighted by Gasteiger charge is 2.28. The molecule has 0 saturated carbocycles. The molecule has 2 aromatic heterocycles. The molecular formula is C30H43FN6O10. The molecule has 0 spiro atoms. The van der Waals surface area contributed by atoms with Gasteiger partial charge >= 0.3 is 23.8 Å². The minimum atomic E-state index is -0.681. The first-order valence-electron chi connectivity index (χ1n) is 15.0. The van der Waals surface area contributed by atoms with Crippen LogP contribution >= 0.6 is 0 Å². The van der Waals surface area contributed by atoms with Crippen LogP contribution in [0.15, 0.2) is 36.7 Å². The van der Waals surface area contributed by atoms with Gasteiger partial charge in [0.15, 0.2) is 24.0 Å². The Bertz CT molecular complexity index is 1320. The van der Waals surface area contributed by atoms with E-state index in [4.69, 9.17) is 14.2 Å². The van der Waals surface area contributed by atoms with Gasteiger partial charge in [-0.1, -0.05) is 0 Å². The van der Waals surface area contributed by atoms with Crippen molar-refractivity contribution >= 4 is 23.8 Å². The van der Waals surface area contributed by atoms with Gasteiger partial charge in [0.1, 0.15) is 17.3 Å². The van der Waals surface area contributed by atoms with Crippen molar-refractivity contribution in [1.82, 2.24) is 19.8 Å². The fourth-order valence-electron chi connectivity index (χ4n) is 4.08. The second-order valence-corrected chi connectivity index (χ2v) is 12.7. The molecule has 2 aliphatic heterocycles. The number of hydrogen-bond donors (Lipinski definition) is 1. The van der Waals surface area contributed by atoms with E-state index < -0.39 is 26.9 Å². The number of carbonyl (C=O) groups excluding carboxylic acids is 2. The average molecular weight is 667 g/mol. The number of likely N-dealkylation sites (tertiary alicyclic amines) is 2. The highest BCUT2D eigenvalue weighted by molar-refractivity contribution is 5.68. The fraction of sp³-hybridized carbons (Fsp3) is 0.600. The topological polar surface area (TPSA) is 201 Å². The summed E-state index contributed by atoms with van der Waals surface area (Å²) in [6, 6.07) is 4.84. The molecule has 1 N–H and O–H groups in total. The van der Waals surface area contributed by atoms with Gasteiger partial charge in [0.2, 0.25) is 0 Å². The number of ether oxygens (including phenoxy) is 3. The average Bonchev–Trinajstić information content (AvgIpc) is 2.97. The van der Waals surface area contributed by atoms with Crippen molar-refractivity contribution < 1.29 is 43.1 Å². The van der Waals surface area contributed by atoms with E-state index in [1.54, 1.807) is 9.80 Å². The van der Waals surface area contributed by atoms with Crippen LogP contribution in [0, 0.1) is 26.0 Å². The summed E-state index contributed by atoms with van der Waals surface area (Å²) in [5.74, 6) is -0.643. The second kappa shape index (κ2) is 17.3. The monoisotopic (exact) mass is 666 g/mol. The van der Waals surface area contributed by atoms with Crippen LogP contribution in [0.3, 0.4) is 0 Å². The molecule has 2 saturated heterocycles. The first-order valence-corrected chi connectivity index (χ1v) is 15.0. The summed E-state index contributed by atoms with van der Waals surface area (Å²) in [4.78, 5) is 53.0. The van der Waals surface area contributed by atoms with Crippen molar-refractivity contribution in [3.8, 4) is 5.75 Å². The van der Waals surface area contributed by atoms with Gasteiger partial charge in [-0.15, -0.1) is 0 Å². The van der Waals surface area contributed by atoms with Crippen molar-refractivity contribution in [1.29, 1.82) is 0 Å². The van der Waals surface area contributed by atoms with Crippen LogP contribution in [0.25, 0.3) is 0 Å². The summed E-state index contributed by atoms with van der Waals surface area (Å²) in [5.41, 5.74) is -0.942. The van der Waals surface area contributed by atoms with Gasteiger partial charge in [0.05, 0.1) is 6.10 Å². The number of piperidine rings is 2. The summed E-state index contributed by atoms with van der Waals surface area (Å²) in [5, 5.41) is 29.7. The number of nitro groups is 2. The molecule has 2 fully saturated rings. The van der Waals surface area contributed by atoms with Gasteiger partial charge < -0.3 is 49.3 Å². The number of carbonyl (C=O) groups is 2. The zero-order chi connectivity index (χ0) is 35.4.